The highest BCUT2D eigenvalue weighted by Gasteiger charge is 2.03. The van der Waals surface area contributed by atoms with Crippen molar-refractivity contribution in [3.63, 3.8) is 0 Å². The Hall–Kier alpha value is -1.63. The molecule has 2 aromatic rings. The standard InChI is InChI=1S/C16H17F/c1-3-4-5-6-13-10-14-8-7-12(2)9-15(14)16(17)11-13/h3-4,7-11H,5-6H2,1-2H3/b4-3+. The monoisotopic (exact) mass is 228 g/mol. The summed E-state index contributed by atoms with van der Waals surface area (Å²) >= 11 is 0. The Balaban J connectivity index is 2.38. The maximum Gasteiger partial charge on any atom is 0.131 e. The van der Waals surface area contributed by atoms with Gasteiger partial charge in [0.05, 0.1) is 0 Å². The molecule has 0 aliphatic carbocycles. The van der Waals surface area contributed by atoms with E-state index < -0.39 is 0 Å². The predicted molar refractivity (Wildman–Crippen MR) is 71.8 cm³/mol. The highest BCUT2D eigenvalue weighted by molar-refractivity contribution is 5.84. The second kappa shape index (κ2) is 5.13. The van der Waals surface area contributed by atoms with Crippen molar-refractivity contribution in [3.05, 3.63) is 59.4 Å². The molecule has 1 heteroatoms. The molecule has 0 saturated carbocycles. The molecule has 0 radical (unpaired) electrons. The minimum atomic E-state index is -0.110. The Bertz CT molecular complexity index is 553. The number of rotatable bonds is 3. The first-order valence-corrected chi connectivity index (χ1v) is 6.00. The maximum absolute atomic E-state index is 13.9. The molecule has 0 unspecified atom stereocenters. The maximum atomic E-state index is 13.9. The lowest BCUT2D eigenvalue weighted by Gasteiger charge is -2.05. The summed E-state index contributed by atoms with van der Waals surface area (Å²) in [6, 6.07) is 9.66. The molecule has 0 saturated heterocycles. The van der Waals surface area contributed by atoms with Crippen LogP contribution in [0.2, 0.25) is 0 Å². The first kappa shape index (κ1) is 11.8. The third kappa shape index (κ3) is 2.73. The molecular weight excluding hydrogens is 211 g/mol. The minimum Gasteiger partial charge on any atom is -0.206 e. The van der Waals surface area contributed by atoms with Crippen LogP contribution >= 0.6 is 0 Å². The number of hydrogen-bond donors (Lipinski definition) is 0. The van der Waals surface area contributed by atoms with Crippen molar-refractivity contribution in [1.29, 1.82) is 0 Å². The van der Waals surface area contributed by atoms with Crippen LogP contribution in [0.3, 0.4) is 0 Å². The van der Waals surface area contributed by atoms with Crippen LogP contribution in [0, 0.1) is 12.7 Å². The summed E-state index contributed by atoms with van der Waals surface area (Å²) in [6.45, 7) is 3.99. The van der Waals surface area contributed by atoms with Gasteiger partial charge in [0.1, 0.15) is 5.82 Å². The van der Waals surface area contributed by atoms with E-state index in [0.29, 0.717) is 0 Å². The van der Waals surface area contributed by atoms with Crippen LogP contribution in [-0.2, 0) is 6.42 Å². The third-order valence-corrected chi connectivity index (χ3v) is 2.95. The molecule has 2 rings (SSSR count). The molecule has 0 heterocycles. The van der Waals surface area contributed by atoms with E-state index in [1.807, 2.05) is 38.1 Å². The smallest absolute Gasteiger partial charge is 0.131 e. The Morgan fingerprint density at radius 2 is 2.00 bits per heavy atom. The van der Waals surface area contributed by atoms with Gasteiger partial charge in [-0.25, -0.2) is 4.39 Å². The fourth-order valence-electron chi connectivity index (χ4n) is 2.05. The largest absolute Gasteiger partial charge is 0.206 e. The lowest BCUT2D eigenvalue weighted by atomic mass is 10.0. The lowest BCUT2D eigenvalue weighted by molar-refractivity contribution is 0.637. The molecule has 0 amide bonds. The number of fused-ring (bicyclic) bond motifs is 1. The molecule has 0 N–H and O–H groups in total. The zero-order chi connectivity index (χ0) is 12.3. The van der Waals surface area contributed by atoms with Crippen LogP contribution in [-0.4, -0.2) is 0 Å². The molecule has 0 spiro atoms. The lowest BCUT2D eigenvalue weighted by Crippen LogP contribution is -1.88. The van der Waals surface area contributed by atoms with E-state index in [9.17, 15) is 4.39 Å². The molecule has 17 heavy (non-hydrogen) atoms. The van der Waals surface area contributed by atoms with Gasteiger partial charge >= 0.3 is 0 Å². The summed E-state index contributed by atoms with van der Waals surface area (Å²) in [4.78, 5) is 0. The van der Waals surface area contributed by atoms with Crippen LogP contribution in [0.4, 0.5) is 4.39 Å². The fourth-order valence-corrected chi connectivity index (χ4v) is 2.05. The van der Waals surface area contributed by atoms with Crippen LogP contribution in [0.15, 0.2) is 42.5 Å². The second-order valence-electron chi connectivity index (χ2n) is 4.41. The number of halogens is 1. The van der Waals surface area contributed by atoms with Gasteiger partial charge in [0, 0.05) is 5.39 Å². The topological polar surface area (TPSA) is 0 Å². The van der Waals surface area contributed by atoms with E-state index in [1.54, 1.807) is 6.07 Å². The molecule has 88 valence electrons. The number of aryl methyl sites for hydroxylation is 2. The average Bonchev–Trinajstić information content (AvgIpc) is 2.31. The molecular formula is C16H17F. The van der Waals surface area contributed by atoms with Gasteiger partial charge in [-0.3, -0.25) is 0 Å². The van der Waals surface area contributed by atoms with Crippen molar-refractivity contribution < 1.29 is 4.39 Å². The van der Waals surface area contributed by atoms with Gasteiger partial charge in [0.2, 0.25) is 0 Å². The van der Waals surface area contributed by atoms with E-state index in [4.69, 9.17) is 0 Å². The summed E-state index contributed by atoms with van der Waals surface area (Å²) in [5.74, 6) is -0.110. The molecule has 0 fully saturated rings. The number of allylic oxidation sites excluding steroid dienone is 2. The Kier molecular flexibility index (Phi) is 3.58. The first-order chi connectivity index (χ1) is 8.20. The Morgan fingerprint density at radius 1 is 1.18 bits per heavy atom. The van der Waals surface area contributed by atoms with Gasteiger partial charge in [-0.2, -0.15) is 0 Å². The van der Waals surface area contributed by atoms with Crippen LogP contribution in [0.25, 0.3) is 10.8 Å². The third-order valence-electron chi connectivity index (χ3n) is 2.95. The van der Waals surface area contributed by atoms with E-state index in [1.165, 1.54) is 0 Å². The number of hydrogen-bond acceptors (Lipinski definition) is 0. The molecule has 0 atom stereocenters. The molecule has 2 aromatic carbocycles. The van der Waals surface area contributed by atoms with Crippen molar-refractivity contribution in [2.75, 3.05) is 0 Å². The molecule has 0 bridgehead atoms. The molecule has 0 nitrogen and oxygen atoms in total. The molecule has 0 aliphatic rings. The van der Waals surface area contributed by atoms with Gasteiger partial charge in [0.25, 0.3) is 0 Å². The highest BCUT2D eigenvalue weighted by atomic mass is 19.1. The zero-order valence-electron chi connectivity index (χ0n) is 10.3. The van der Waals surface area contributed by atoms with Gasteiger partial charge in [-0.1, -0.05) is 35.9 Å². The Labute approximate surface area is 102 Å². The van der Waals surface area contributed by atoms with Crippen molar-refractivity contribution in [1.82, 2.24) is 0 Å². The molecule has 0 aliphatic heterocycles. The summed E-state index contributed by atoms with van der Waals surface area (Å²) in [6.07, 6.45) is 6.00. The van der Waals surface area contributed by atoms with Crippen molar-refractivity contribution >= 4 is 10.8 Å². The zero-order valence-corrected chi connectivity index (χ0v) is 10.3. The number of benzene rings is 2. The van der Waals surface area contributed by atoms with Crippen molar-refractivity contribution in [3.8, 4) is 0 Å². The summed E-state index contributed by atoms with van der Waals surface area (Å²) < 4.78 is 13.9. The minimum absolute atomic E-state index is 0.110. The SMILES string of the molecule is C/C=C/CCc1cc(F)c2cc(C)ccc2c1. The summed E-state index contributed by atoms with van der Waals surface area (Å²) in [7, 11) is 0. The van der Waals surface area contributed by atoms with Crippen LogP contribution in [0.1, 0.15) is 24.5 Å². The van der Waals surface area contributed by atoms with Gasteiger partial charge < -0.3 is 0 Å². The van der Waals surface area contributed by atoms with Crippen molar-refractivity contribution in [2.45, 2.75) is 26.7 Å². The van der Waals surface area contributed by atoms with Gasteiger partial charge in [0.15, 0.2) is 0 Å². The van der Waals surface area contributed by atoms with Gasteiger partial charge in [-0.05, 0) is 49.8 Å². The highest BCUT2D eigenvalue weighted by Crippen LogP contribution is 2.22. The van der Waals surface area contributed by atoms with Gasteiger partial charge in [-0.15, -0.1) is 0 Å². The Morgan fingerprint density at radius 3 is 2.76 bits per heavy atom. The summed E-state index contributed by atoms with van der Waals surface area (Å²) in [5.41, 5.74) is 2.16. The van der Waals surface area contributed by atoms with Crippen LogP contribution < -0.4 is 0 Å². The van der Waals surface area contributed by atoms with Crippen molar-refractivity contribution in [2.24, 2.45) is 0 Å². The fraction of sp³-hybridized carbons (Fsp3) is 0.250. The predicted octanol–water partition coefficient (Wildman–Crippen LogP) is 4.80. The van der Waals surface area contributed by atoms with E-state index in [-0.39, 0.29) is 5.82 Å². The van der Waals surface area contributed by atoms with E-state index in [2.05, 4.69) is 12.1 Å². The second-order valence-corrected chi connectivity index (χ2v) is 4.41. The van der Waals surface area contributed by atoms with E-state index >= 15 is 0 Å². The normalized spacial score (nSPS) is 11.5. The average molecular weight is 228 g/mol. The van der Waals surface area contributed by atoms with Crippen LogP contribution in [0.5, 0.6) is 0 Å². The molecule has 0 aromatic heterocycles. The summed E-state index contributed by atoms with van der Waals surface area (Å²) in [5, 5.41) is 1.71. The van der Waals surface area contributed by atoms with E-state index in [0.717, 1.165) is 34.7 Å². The quantitative estimate of drug-likeness (QED) is 0.662. The first-order valence-electron chi connectivity index (χ1n) is 6.00.